The van der Waals surface area contributed by atoms with Crippen LogP contribution in [-0.4, -0.2) is 0 Å². The molecule has 0 fully saturated rings. The molecular formula is C64H60N2O2. The fraction of sp³-hybridized carbons (Fsp3) is 0.219. The van der Waals surface area contributed by atoms with Crippen LogP contribution in [0.15, 0.2) is 179 Å². The fourth-order valence-corrected chi connectivity index (χ4v) is 10.4. The van der Waals surface area contributed by atoms with Crippen molar-refractivity contribution in [2.45, 2.75) is 91.9 Å². The van der Waals surface area contributed by atoms with E-state index in [-0.39, 0.29) is 22.7 Å². The minimum Gasteiger partial charge on any atom is -0.456 e. The van der Waals surface area contributed by atoms with Gasteiger partial charge in [0.15, 0.2) is 0 Å². The maximum atomic E-state index is 7.18. The molecule has 0 aliphatic carbocycles. The van der Waals surface area contributed by atoms with Gasteiger partial charge in [0.2, 0.25) is 0 Å². The van der Waals surface area contributed by atoms with Crippen LogP contribution in [0.4, 0.5) is 34.1 Å². The van der Waals surface area contributed by atoms with E-state index in [1.54, 1.807) is 0 Å². The van der Waals surface area contributed by atoms with E-state index < -0.39 is 0 Å². The summed E-state index contributed by atoms with van der Waals surface area (Å²) in [6.45, 7) is 22.8. The van der Waals surface area contributed by atoms with Crippen LogP contribution in [0.25, 0.3) is 65.4 Å². The van der Waals surface area contributed by atoms with Gasteiger partial charge in [-0.3, -0.25) is 0 Å². The van der Waals surface area contributed by atoms with E-state index in [2.05, 4.69) is 249 Å². The Labute approximate surface area is 400 Å². The van der Waals surface area contributed by atoms with Crippen molar-refractivity contribution in [2.24, 2.45) is 0 Å². The van der Waals surface area contributed by atoms with E-state index in [9.17, 15) is 0 Å². The highest BCUT2D eigenvalue weighted by atomic mass is 16.3. The predicted molar refractivity (Wildman–Crippen MR) is 291 cm³/mol. The van der Waals surface area contributed by atoms with Gasteiger partial charge in [0.1, 0.15) is 22.3 Å². The number of hydrogen-bond acceptors (Lipinski definition) is 4. The van der Waals surface area contributed by atoms with Crippen LogP contribution in [0, 0.1) is 0 Å². The molecule has 0 spiro atoms. The van der Waals surface area contributed by atoms with E-state index in [0.29, 0.717) is 0 Å². The van der Waals surface area contributed by atoms with Gasteiger partial charge >= 0.3 is 0 Å². The number of anilines is 6. The van der Waals surface area contributed by atoms with Gasteiger partial charge in [0.25, 0.3) is 0 Å². The molecule has 2 aromatic heterocycles. The van der Waals surface area contributed by atoms with E-state index in [4.69, 9.17) is 8.83 Å². The number of rotatable bonds is 8. The van der Waals surface area contributed by atoms with Crippen molar-refractivity contribution >= 4 is 99.5 Å². The molecule has 11 aromatic rings. The van der Waals surface area contributed by atoms with Gasteiger partial charge in [0, 0.05) is 66.8 Å². The molecule has 2 heterocycles. The van der Waals surface area contributed by atoms with Crippen LogP contribution < -0.4 is 9.80 Å². The highest BCUT2D eigenvalue weighted by Crippen LogP contribution is 2.50. The minimum absolute atomic E-state index is 0.0225. The maximum absolute atomic E-state index is 7.18. The average molecular weight is 889 g/mol. The third kappa shape index (κ3) is 7.38. The van der Waals surface area contributed by atoms with Crippen LogP contribution in [0.3, 0.4) is 0 Å². The summed E-state index contributed by atoms with van der Waals surface area (Å²) in [5.74, 6) is 0.349. The van der Waals surface area contributed by atoms with Gasteiger partial charge in [-0.05, 0) is 152 Å². The SMILES string of the molecule is CC(C)c1c2oc3cc4cc(N(c5ccccc5)c5cccc(C(C)(C)C)c5)ccc4cc3c2c(C(C)C)c2oc3cc4cc(N(c5ccccc5)c5cccc(C(C)(C)C)c5)ccc4cc3c12. The first-order valence-corrected chi connectivity index (χ1v) is 24.3. The zero-order valence-corrected chi connectivity index (χ0v) is 41.0. The number of furan rings is 2. The number of hydrogen-bond donors (Lipinski definition) is 0. The largest absolute Gasteiger partial charge is 0.456 e. The Morgan fingerprint density at radius 1 is 0.353 bits per heavy atom. The molecule has 11 rings (SSSR count). The topological polar surface area (TPSA) is 32.8 Å². The lowest BCUT2D eigenvalue weighted by molar-refractivity contribution is 0.590. The lowest BCUT2D eigenvalue weighted by atomic mass is 9.86. The quantitative estimate of drug-likeness (QED) is 0.152. The molecule has 68 heavy (non-hydrogen) atoms. The third-order valence-electron chi connectivity index (χ3n) is 13.9. The molecule has 4 nitrogen and oxygen atoms in total. The van der Waals surface area contributed by atoms with Crippen LogP contribution in [0.5, 0.6) is 0 Å². The predicted octanol–water partition coefficient (Wildman–Crippen LogP) is 19.6. The molecular weight excluding hydrogens is 829 g/mol. The number of benzene rings is 9. The summed E-state index contributed by atoms with van der Waals surface area (Å²) in [6.07, 6.45) is 0. The van der Waals surface area contributed by atoms with Crippen molar-refractivity contribution in [1.29, 1.82) is 0 Å². The summed E-state index contributed by atoms with van der Waals surface area (Å²) in [5.41, 5.74) is 15.4. The average Bonchev–Trinajstić information content (AvgIpc) is 3.86. The van der Waals surface area contributed by atoms with Crippen molar-refractivity contribution in [3.05, 3.63) is 192 Å². The second kappa shape index (κ2) is 16.2. The summed E-state index contributed by atoms with van der Waals surface area (Å²) >= 11 is 0. The van der Waals surface area contributed by atoms with Gasteiger partial charge in [-0.15, -0.1) is 0 Å². The first kappa shape index (κ1) is 43.3. The second-order valence-electron chi connectivity index (χ2n) is 21.5. The number of nitrogens with zero attached hydrogens (tertiary/aromatic N) is 2. The maximum Gasteiger partial charge on any atom is 0.140 e. The summed E-state index contributed by atoms with van der Waals surface area (Å²) < 4.78 is 14.4. The molecule has 0 aliphatic heterocycles. The zero-order valence-electron chi connectivity index (χ0n) is 41.0. The number of para-hydroxylation sites is 2. The van der Waals surface area contributed by atoms with Gasteiger partial charge in [-0.25, -0.2) is 0 Å². The van der Waals surface area contributed by atoms with Gasteiger partial charge in [0.05, 0.1) is 0 Å². The third-order valence-corrected chi connectivity index (χ3v) is 13.9. The Balaban J connectivity index is 1.08. The highest BCUT2D eigenvalue weighted by molar-refractivity contribution is 6.22. The zero-order chi connectivity index (χ0) is 47.2. The Kier molecular flexibility index (Phi) is 10.3. The molecule has 0 bridgehead atoms. The van der Waals surface area contributed by atoms with Crippen molar-refractivity contribution in [2.75, 3.05) is 9.80 Å². The molecule has 0 aliphatic rings. The number of fused-ring (bicyclic) bond motifs is 8. The van der Waals surface area contributed by atoms with E-state index >= 15 is 0 Å². The molecule has 4 heteroatoms. The summed E-state index contributed by atoms with van der Waals surface area (Å²) in [7, 11) is 0. The molecule has 0 saturated carbocycles. The van der Waals surface area contributed by atoms with E-state index in [1.165, 1.54) is 33.0 Å². The van der Waals surface area contributed by atoms with E-state index in [0.717, 1.165) is 88.8 Å². The normalized spacial score (nSPS) is 12.5. The molecule has 0 amide bonds. The summed E-state index contributed by atoms with van der Waals surface area (Å²) in [6, 6.07) is 62.1. The van der Waals surface area contributed by atoms with Crippen LogP contribution in [-0.2, 0) is 10.8 Å². The second-order valence-corrected chi connectivity index (χ2v) is 21.5. The van der Waals surface area contributed by atoms with Crippen molar-refractivity contribution in [3.63, 3.8) is 0 Å². The minimum atomic E-state index is 0.0225. The lowest BCUT2D eigenvalue weighted by Crippen LogP contribution is -2.14. The molecule has 0 N–H and O–H groups in total. The Morgan fingerprint density at radius 2 is 0.721 bits per heavy atom. The molecule has 338 valence electrons. The van der Waals surface area contributed by atoms with Gasteiger partial charge in [-0.1, -0.05) is 142 Å². The molecule has 0 radical (unpaired) electrons. The Hall–Kier alpha value is -7.30. The van der Waals surface area contributed by atoms with Crippen LogP contribution in [0.2, 0.25) is 0 Å². The van der Waals surface area contributed by atoms with Gasteiger partial charge in [-0.2, -0.15) is 0 Å². The van der Waals surface area contributed by atoms with E-state index in [1.807, 2.05) is 0 Å². The van der Waals surface area contributed by atoms with Crippen LogP contribution in [0.1, 0.15) is 103 Å². The fourth-order valence-electron chi connectivity index (χ4n) is 10.4. The molecule has 0 saturated heterocycles. The van der Waals surface area contributed by atoms with Crippen molar-refractivity contribution < 1.29 is 8.83 Å². The van der Waals surface area contributed by atoms with Crippen molar-refractivity contribution in [3.8, 4) is 0 Å². The Bertz CT molecular complexity index is 3460. The van der Waals surface area contributed by atoms with Gasteiger partial charge < -0.3 is 18.6 Å². The standard InChI is InChI=1S/C64H60N2O2/c1-39(2)57-59-53-33-41-27-29-51(65(47-21-13-11-14-22-47)49-25-17-19-45(37-49)63(5,6)7)31-43(41)35-55(53)68-62(59)58(40(3)4)60-54-34-42-28-30-52(32-44(42)36-56(54)67-61(57)60)66(48-23-15-12-16-24-48)50-26-18-20-46(38-50)64(8,9)10/h11-40H,1-10H3. The Morgan fingerprint density at radius 3 is 1.09 bits per heavy atom. The molecule has 0 unspecified atom stereocenters. The first-order chi connectivity index (χ1) is 32.6. The smallest absolute Gasteiger partial charge is 0.140 e. The monoisotopic (exact) mass is 888 g/mol. The molecule has 0 atom stereocenters. The summed E-state index contributed by atoms with van der Waals surface area (Å²) in [4.78, 5) is 4.72. The van der Waals surface area contributed by atoms with Crippen molar-refractivity contribution in [1.82, 2.24) is 0 Å². The van der Waals surface area contributed by atoms with Crippen LogP contribution >= 0.6 is 0 Å². The summed E-state index contributed by atoms with van der Waals surface area (Å²) in [5, 5.41) is 9.16. The lowest BCUT2D eigenvalue weighted by Gasteiger charge is -2.28. The molecule has 9 aromatic carbocycles. The highest BCUT2D eigenvalue weighted by Gasteiger charge is 2.28. The first-order valence-electron chi connectivity index (χ1n) is 24.3.